The lowest BCUT2D eigenvalue weighted by Gasteiger charge is -2.10. The highest BCUT2D eigenvalue weighted by atomic mass is 35.5. The maximum absolute atomic E-state index is 12.3. The molecule has 4 N–H and O–H groups in total. The summed E-state index contributed by atoms with van der Waals surface area (Å²) in [5, 5.41) is 5.60. The number of hydrazine groups is 1. The van der Waals surface area contributed by atoms with E-state index in [2.05, 4.69) is 21.5 Å². The second kappa shape index (κ2) is 11.6. The number of rotatable bonds is 5. The van der Waals surface area contributed by atoms with Gasteiger partial charge in [0.15, 0.2) is 5.11 Å². The summed E-state index contributed by atoms with van der Waals surface area (Å²) < 4.78 is 0. The Bertz CT molecular complexity index is 1200. The van der Waals surface area contributed by atoms with E-state index in [1.165, 1.54) is 6.08 Å². The van der Waals surface area contributed by atoms with Gasteiger partial charge in [0, 0.05) is 27.9 Å². The Hall–Kier alpha value is -4.01. The number of anilines is 1. The zero-order valence-electron chi connectivity index (χ0n) is 17.2. The van der Waals surface area contributed by atoms with Gasteiger partial charge in [-0.05, 0) is 66.3 Å². The highest BCUT2D eigenvalue weighted by Crippen LogP contribution is 2.16. The molecular formula is C24H19ClN4O3S. The quantitative estimate of drug-likeness (QED) is 0.253. The van der Waals surface area contributed by atoms with Crippen molar-refractivity contribution in [2.45, 2.75) is 0 Å². The molecular weight excluding hydrogens is 460 g/mol. The molecule has 9 heteroatoms. The third kappa shape index (κ3) is 7.27. The van der Waals surface area contributed by atoms with Crippen LogP contribution in [0.3, 0.4) is 0 Å². The molecule has 0 fully saturated rings. The van der Waals surface area contributed by atoms with Gasteiger partial charge in [-0.25, -0.2) is 0 Å². The van der Waals surface area contributed by atoms with Crippen molar-refractivity contribution in [1.29, 1.82) is 0 Å². The molecule has 0 radical (unpaired) electrons. The summed E-state index contributed by atoms with van der Waals surface area (Å²) in [7, 11) is 0. The van der Waals surface area contributed by atoms with Gasteiger partial charge in [-0.1, -0.05) is 48.0 Å². The molecule has 0 atom stereocenters. The van der Waals surface area contributed by atoms with Crippen LogP contribution in [-0.2, 0) is 4.79 Å². The summed E-state index contributed by atoms with van der Waals surface area (Å²) in [6.07, 6.45) is 2.83. The van der Waals surface area contributed by atoms with Crippen molar-refractivity contribution < 1.29 is 14.4 Å². The van der Waals surface area contributed by atoms with Crippen LogP contribution in [0.25, 0.3) is 6.08 Å². The Morgan fingerprint density at radius 3 is 2.09 bits per heavy atom. The fourth-order valence-corrected chi connectivity index (χ4v) is 2.99. The number of amides is 3. The lowest BCUT2D eigenvalue weighted by Crippen LogP contribution is -2.48. The van der Waals surface area contributed by atoms with Crippen LogP contribution >= 0.6 is 23.8 Å². The number of carbonyl (C=O) groups excluding carboxylic acids is 3. The third-order valence-electron chi connectivity index (χ3n) is 4.29. The molecule has 33 heavy (non-hydrogen) atoms. The first-order valence-electron chi connectivity index (χ1n) is 9.73. The van der Waals surface area contributed by atoms with Crippen LogP contribution in [0.2, 0.25) is 5.02 Å². The largest absolute Gasteiger partial charge is 0.322 e. The Balaban J connectivity index is 1.46. The fourth-order valence-electron chi connectivity index (χ4n) is 2.64. The zero-order chi connectivity index (χ0) is 23.6. The third-order valence-corrected chi connectivity index (χ3v) is 4.84. The molecule has 0 saturated heterocycles. The monoisotopic (exact) mass is 478 g/mol. The Labute approximate surface area is 200 Å². The molecule has 0 aliphatic heterocycles. The molecule has 0 saturated carbocycles. The number of carbonyl (C=O) groups is 3. The van der Waals surface area contributed by atoms with Crippen LogP contribution in [0.4, 0.5) is 5.69 Å². The van der Waals surface area contributed by atoms with Gasteiger partial charge in [0.2, 0.25) is 5.91 Å². The molecule has 0 aliphatic rings. The van der Waals surface area contributed by atoms with Crippen molar-refractivity contribution in [3.05, 3.63) is 107 Å². The first-order valence-corrected chi connectivity index (χ1v) is 10.5. The van der Waals surface area contributed by atoms with Gasteiger partial charge < -0.3 is 5.32 Å². The van der Waals surface area contributed by atoms with Gasteiger partial charge in [-0.15, -0.1) is 0 Å². The summed E-state index contributed by atoms with van der Waals surface area (Å²) in [5.74, 6) is -1.21. The second-order valence-electron chi connectivity index (χ2n) is 6.65. The Morgan fingerprint density at radius 2 is 1.39 bits per heavy atom. The highest BCUT2D eigenvalue weighted by molar-refractivity contribution is 7.80. The SMILES string of the molecule is O=C(C=Cc1ccccc1Cl)NC(=S)NNC(=O)c1ccc(NC(=O)c2ccccc2)cc1. The number of hydrogen-bond donors (Lipinski definition) is 4. The number of thiocarbonyl (C=S) groups is 1. The Kier molecular flexibility index (Phi) is 8.29. The lowest BCUT2D eigenvalue weighted by molar-refractivity contribution is -0.115. The van der Waals surface area contributed by atoms with Gasteiger partial charge in [0.25, 0.3) is 11.8 Å². The maximum Gasteiger partial charge on any atom is 0.269 e. The summed E-state index contributed by atoms with van der Waals surface area (Å²) in [6, 6.07) is 22.2. The minimum absolute atomic E-state index is 0.0797. The molecule has 0 aliphatic carbocycles. The van der Waals surface area contributed by atoms with E-state index in [1.54, 1.807) is 78.9 Å². The van der Waals surface area contributed by atoms with Crippen LogP contribution in [0.15, 0.2) is 84.9 Å². The van der Waals surface area contributed by atoms with E-state index in [9.17, 15) is 14.4 Å². The number of hydrogen-bond acceptors (Lipinski definition) is 4. The van der Waals surface area contributed by atoms with Gasteiger partial charge in [-0.2, -0.15) is 0 Å². The number of halogens is 1. The van der Waals surface area contributed by atoms with E-state index in [1.807, 2.05) is 6.07 Å². The van der Waals surface area contributed by atoms with Crippen molar-refractivity contribution in [2.75, 3.05) is 5.32 Å². The predicted molar refractivity (Wildman–Crippen MR) is 133 cm³/mol. The van der Waals surface area contributed by atoms with E-state index >= 15 is 0 Å². The summed E-state index contributed by atoms with van der Waals surface area (Å²) in [6.45, 7) is 0. The van der Waals surface area contributed by atoms with E-state index in [0.717, 1.165) is 0 Å². The summed E-state index contributed by atoms with van der Waals surface area (Å²) in [5.41, 5.74) is 6.94. The minimum Gasteiger partial charge on any atom is -0.322 e. The van der Waals surface area contributed by atoms with Crippen molar-refractivity contribution in [1.82, 2.24) is 16.2 Å². The van der Waals surface area contributed by atoms with Crippen LogP contribution in [0.5, 0.6) is 0 Å². The molecule has 166 valence electrons. The first-order chi connectivity index (χ1) is 15.9. The fraction of sp³-hybridized carbons (Fsp3) is 0. The standard InChI is InChI=1S/C24H19ClN4O3S/c25-20-9-5-4-6-16(20)12-15-21(30)27-24(33)29-28-23(32)18-10-13-19(14-11-18)26-22(31)17-7-2-1-3-8-17/h1-15H,(H,26,31)(H,28,32)(H2,27,29,30,33). The molecule has 3 aromatic carbocycles. The average molecular weight is 479 g/mol. The van der Waals surface area contributed by atoms with Crippen LogP contribution in [0, 0.1) is 0 Å². The molecule has 0 heterocycles. The van der Waals surface area contributed by atoms with Crippen molar-refractivity contribution in [3.63, 3.8) is 0 Å². The van der Waals surface area contributed by atoms with E-state index < -0.39 is 11.8 Å². The van der Waals surface area contributed by atoms with Crippen LogP contribution in [0.1, 0.15) is 26.3 Å². The first kappa shape index (κ1) is 23.6. The van der Waals surface area contributed by atoms with E-state index in [0.29, 0.717) is 27.4 Å². The summed E-state index contributed by atoms with van der Waals surface area (Å²) >= 11 is 11.0. The van der Waals surface area contributed by atoms with Gasteiger partial charge in [-0.3, -0.25) is 30.6 Å². The molecule has 0 unspecified atom stereocenters. The normalized spacial score (nSPS) is 10.3. The van der Waals surface area contributed by atoms with E-state index in [4.69, 9.17) is 23.8 Å². The van der Waals surface area contributed by atoms with Crippen LogP contribution in [-0.4, -0.2) is 22.8 Å². The van der Waals surface area contributed by atoms with Crippen molar-refractivity contribution in [3.8, 4) is 0 Å². The molecule has 0 bridgehead atoms. The van der Waals surface area contributed by atoms with Crippen molar-refractivity contribution >= 4 is 58.4 Å². The second-order valence-corrected chi connectivity index (χ2v) is 7.47. The predicted octanol–water partition coefficient (Wildman–Crippen LogP) is 3.94. The number of nitrogens with one attached hydrogen (secondary N) is 4. The average Bonchev–Trinajstić information content (AvgIpc) is 2.83. The summed E-state index contributed by atoms with van der Waals surface area (Å²) in [4.78, 5) is 36.4. The van der Waals surface area contributed by atoms with Gasteiger partial charge in [0.05, 0.1) is 0 Å². The van der Waals surface area contributed by atoms with Crippen LogP contribution < -0.4 is 21.5 Å². The molecule has 3 amide bonds. The smallest absolute Gasteiger partial charge is 0.269 e. The van der Waals surface area contributed by atoms with Crippen molar-refractivity contribution in [2.24, 2.45) is 0 Å². The lowest BCUT2D eigenvalue weighted by atomic mass is 10.2. The maximum atomic E-state index is 12.3. The molecule has 3 rings (SSSR count). The molecule has 3 aromatic rings. The molecule has 7 nitrogen and oxygen atoms in total. The minimum atomic E-state index is -0.486. The molecule has 0 spiro atoms. The number of benzene rings is 3. The van der Waals surface area contributed by atoms with E-state index in [-0.39, 0.29) is 11.0 Å². The van der Waals surface area contributed by atoms with Gasteiger partial charge in [0.1, 0.15) is 0 Å². The zero-order valence-corrected chi connectivity index (χ0v) is 18.7. The highest BCUT2D eigenvalue weighted by Gasteiger charge is 2.09. The molecule has 0 aromatic heterocycles. The Morgan fingerprint density at radius 1 is 0.758 bits per heavy atom. The topological polar surface area (TPSA) is 99.3 Å². The van der Waals surface area contributed by atoms with Gasteiger partial charge >= 0.3 is 0 Å².